The highest BCUT2D eigenvalue weighted by molar-refractivity contribution is 6.00. The number of carbonyl (C=O) groups is 2. The quantitative estimate of drug-likeness (QED) is 0.784. The van der Waals surface area contributed by atoms with Crippen molar-refractivity contribution in [3.8, 4) is 0 Å². The third-order valence-electron chi connectivity index (χ3n) is 6.92. The van der Waals surface area contributed by atoms with Crippen molar-refractivity contribution in [3.05, 3.63) is 71.3 Å². The van der Waals surface area contributed by atoms with Gasteiger partial charge in [0.25, 0.3) is 5.91 Å². The van der Waals surface area contributed by atoms with Crippen LogP contribution in [0.4, 0.5) is 4.79 Å². The van der Waals surface area contributed by atoms with Crippen molar-refractivity contribution in [1.29, 1.82) is 0 Å². The molecular formula is C25H31N5O2. The van der Waals surface area contributed by atoms with Gasteiger partial charge in [0.1, 0.15) is 18.5 Å². The number of imide groups is 1. The largest absolute Gasteiger partial charge is 0.328 e. The molecule has 0 saturated carbocycles. The second-order valence-corrected chi connectivity index (χ2v) is 9.10. The van der Waals surface area contributed by atoms with Gasteiger partial charge in [-0.1, -0.05) is 60.2 Å². The molecule has 2 aromatic carbocycles. The number of likely N-dealkylation sites (N-methyl/N-ethyl adjacent to an activating group) is 1. The fourth-order valence-electron chi connectivity index (χ4n) is 5.28. The fourth-order valence-corrected chi connectivity index (χ4v) is 5.28. The Labute approximate surface area is 189 Å². The van der Waals surface area contributed by atoms with E-state index in [1.807, 2.05) is 37.3 Å². The summed E-state index contributed by atoms with van der Waals surface area (Å²) in [5, 5.41) is 3.59. The molecule has 3 heterocycles. The highest BCUT2D eigenvalue weighted by Crippen LogP contribution is 2.31. The van der Waals surface area contributed by atoms with Gasteiger partial charge in [-0.05, 0) is 30.9 Å². The van der Waals surface area contributed by atoms with Crippen molar-refractivity contribution < 1.29 is 9.59 Å². The molecule has 1 N–H and O–H groups in total. The molecule has 3 atom stereocenters. The molecule has 7 nitrogen and oxygen atoms in total. The molecule has 3 unspecified atom stereocenters. The maximum Gasteiger partial charge on any atom is 0.328 e. The Bertz CT molecular complexity index is 997. The maximum atomic E-state index is 13.6. The van der Waals surface area contributed by atoms with Crippen LogP contribution in [0.2, 0.25) is 0 Å². The van der Waals surface area contributed by atoms with Crippen LogP contribution in [0.25, 0.3) is 0 Å². The normalized spacial score (nSPS) is 26.4. The van der Waals surface area contributed by atoms with Crippen LogP contribution in [0.15, 0.2) is 54.6 Å². The average molecular weight is 434 g/mol. The summed E-state index contributed by atoms with van der Waals surface area (Å²) in [6.45, 7) is 5.08. The summed E-state index contributed by atoms with van der Waals surface area (Å²) < 4.78 is 0. The monoisotopic (exact) mass is 433 g/mol. The number of amides is 3. The van der Waals surface area contributed by atoms with Crippen LogP contribution in [-0.4, -0.2) is 76.7 Å². The Morgan fingerprint density at radius 1 is 1.00 bits per heavy atom. The lowest BCUT2D eigenvalue weighted by Gasteiger charge is -2.43. The molecule has 0 bridgehead atoms. The highest BCUT2D eigenvalue weighted by atomic mass is 16.2. The minimum absolute atomic E-state index is 0.0272. The van der Waals surface area contributed by atoms with Gasteiger partial charge in [0.2, 0.25) is 0 Å². The molecule has 3 aliphatic heterocycles. The van der Waals surface area contributed by atoms with Crippen molar-refractivity contribution in [2.24, 2.45) is 0 Å². The summed E-state index contributed by atoms with van der Waals surface area (Å²) in [6.07, 6.45) is 1.65. The van der Waals surface area contributed by atoms with Crippen LogP contribution in [0.5, 0.6) is 0 Å². The van der Waals surface area contributed by atoms with Gasteiger partial charge >= 0.3 is 6.03 Å². The Balaban J connectivity index is 1.34. The Morgan fingerprint density at radius 3 is 2.56 bits per heavy atom. The van der Waals surface area contributed by atoms with Crippen molar-refractivity contribution in [2.45, 2.75) is 44.8 Å². The smallest absolute Gasteiger partial charge is 0.310 e. The predicted octanol–water partition coefficient (Wildman–Crippen LogP) is 2.22. The van der Waals surface area contributed by atoms with E-state index < -0.39 is 0 Å². The topological polar surface area (TPSA) is 59.1 Å². The fraction of sp³-hybridized carbons (Fsp3) is 0.440. The number of benzene rings is 2. The van der Waals surface area contributed by atoms with Crippen molar-refractivity contribution in [1.82, 2.24) is 24.9 Å². The molecule has 5 rings (SSSR count). The maximum absolute atomic E-state index is 13.6. The Morgan fingerprint density at radius 2 is 1.78 bits per heavy atom. The lowest BCUT2D eigenvalue weighted by Crippen LogP contribution is -2.66. The number of hydrogen-bond donors (Lipinski definition) is 1. The predicted molar refractivity (Wildman–Crippen MR) is 122 cm³/mol. The second-order valence-electron chi connectivity index (χ2n) is 9.10. The summed E-state index contributed by atoms with van der Waals surface area (Å²) in [5.41, 5.74) is 3.41. The van der Waals surface area contributed by atoms with E-state index in [-0.39, 0.29) is 30.4 Å². The first kappa shape index (κ1) is 21.1. The highest BCUT2D eigenvalue weighted by Gasteiger charge is 2.55. The van der Waals surface area contributed by atoms with Crippen molar-refractivity contribution in [2.75, 3.05) is 26.7 Å². The van der Waals surface area contributed by atoms with Gasteiger partial charge in [-0.3, -0.25) is 24.8 Å². The summed E-state index contributed by atoms with van der Waals surface area (Å²) >= 11 is 0. The van der Waals surface area contributed by atoms with Gasteiger partial charge in [0.05, 0.1) is 6.54 Å². The van der Waals surface area contributed by atoms with Crippen molar-refractivity contribution in [3.63, 3.8) is 0 Å². The SMILES string of the molecule is Cc1cccc(CN2C(=O)C3C(NC4N(CCc5ccccc5)CCCN34)N(C)C2=O)c1. The molecule has 0 aliphatic carbocycles. The molecule has 3 amide bonds. The lowest BCUT2D eigenvalue weighted by atomic mass is 10.1. The molecule has 3 saturated heterocycles. The molecule has 2 aromatic rings. The average Bonchev–Trinajstić information content (AvgIpc) is 3.20. The van der Waals surface area contributed by atoms with Crippen LogP contribution in [0.3, 0.4) is 0 Å². The number of nitrogens with zero attached hydrogens (tertiary/aromatic N) is 4. The first-order valence-corrected chi connectivity index (χ1v) is 11.5. The van der Waals surface area contributed by atoms with E-state index in [9.17, 15) is 9.59 Å². The van der Waals surface area contributed by atoms with Gasteiger partial charge in [0, 0.05) is 26.7 Å². The molecule has 0 spiro atoms. The van der Waals surface area contributed by atoms with E-state index in [4.69, 9.17) is 0 Å². The van der Waals surface area contributed by atoms with Crippen LogP contribution < -0.4 is 5.32 Å². The summed E-state index contributed by atoms with van der Waals surface area (Å²) in [6, 6.07) is 17.9. The van der Waals surface area contributed by atoms with Crippen LogP contribution in [-0.2, 0) is 17.8 Å². The molecule has 3 aliphatic rings. The molecule has 32 heavy (non-hydrogen) atoms. The van der Waals surface area contributed by atoms with Crippen LogP contribution in [0, 0.1) is 6.92 Å². The van der Waals surface area contributed by atoms with E-state index in [1.54, 1.807) is 11.9 Å². The summed E-state index contributed by atoms with van der Waals surface area (Å²) in [5.74, 6) is -0.0977. The molecule has 0 aromatic heterocycles. The second kappa shape index (κ2) is 8.65. The minimum Gasteiger partial charge on any atom is -0.310 e. The molecule has 168 valence electrons. The van der Waals surface area contributed by atoms with E-state index in [0.29, 0.717) is 6.54 Å². The van der Waals surface area contributed by atoms with E-state index in [1.165, 1.54) is 10.5 Å². The summed E-state index contributed by atoms with van der Waals surface area (Å²) in [4.78, 5) is 34.5. The van der Waals surface area contributed by atoms with Crippen molar-refractivity contribution >= 4 is 11.9 Å². The number of rotatable bonds is 5. The molecule has 3 fully saturated rings. The van der Waals surface area contributed by atoms with Crippen LogP contribution in [0.1, 0.15) is 23.1 Å². The first-order valence-electron chi connectivity index (χ1n) is 11.5. The molecule has 7 heteroatoms. The van der Waals surface area contributed by atoms with E-state index in [0.717, 1.165) is 43.6 Å². The Hall–Kier alpha value is -2.74. The third kappa shape index (κ3) is 3.81. The zero-order valence-corrected chi connectivity index (χ0v) is 18.8. The first-order chi connectivity index (χ1) is 15.5. The summed E-state index contributed by atoms with van der Waals surface area (Å²) in [7, 11) is 1.80. The number of carbonyl (C=O) groups excluding carboxylic acids is 2. The number of hydrogen-bond acceptors (Lipinski definition) is 5. The van der Waals surface area contributed by atoms with Gasteiger partial charge in [-0.25, -0.2) is 4.79 Å². The number of aryl methyl sites for hydroxylation is 1. The number of urea groups is 1. The standard InChI is InChI=1S/C25H31N5O2/c1-18-8-6-11-20(16-18)17-30-23(31)21-22(27(2)25(30)32)26-24-28(13-7-14-29(21)24)15-12-19-9-4-3-5-10-19/h3-6,8-11,16,21-22,24,26H,7,12-15,17H2,1-2H3. The van der Waals surface area contributed by atoms with E-state index in [2.05, 4.69) is 39.4 Å². The zero-order valence-electron chi connectivity index (χ0n) is 18.8. The van der Waals surface area contributed by atoms with Gasteiger partial charge in [-0.15, -0.1) is 0 Å². The van der Waals surface area contributed by atoms with E-state index >= 15 is 0 Å². The van der Waals surface area contributed by atoms with Crippen LogP contribution >= 0.6 is 0 Å². The van der Waals surface area contributed by atoms with Gasteiger partial charge < -0.3 is 4.90 Å². The van der Waals surface area contributed by atoms with Gasteiger partial charge in [0.15, 0.2) is 0 Å². The van der Waals surface area contributed by atoms with Gasteiger partial charge in [-0.2, -0.15) is 0 Å². The Kier molecular flexibility index (Phi) is 5.71. The zero-order chi connectivity index (χ0) is 22.2. The lowest BCUT2D eigenvalue weighted by molar-refractivity contribution is -0.140. The molecular weight excluding hydrogens is 402 g/mol. The minimum atomic E-state index is -0.355. The number of nitrogens with one attached hydrogen (secondary N) is 1. The third-order valence-corrected chi connectivity index (χ3v) is 6.92. The number of fused-ring (bicyclic) bond motifs is 3. The molecule has 0 radical (unpaired) electrons.